The zero-order chi connectivity index (χ0) is 14.5. The van der Waals surface area contributed by atoms with Crippen molar-refractivity contribution in [2.75, 3.05) is 33.8 Å². The Morgan fingerprint density at radius 2 is 2.00 bits per heavy atom. The molecule has 0 spiro atoms. The zero-order valence-electron chi connectivity index (χ0n) is 13.7. The molecule has 0 aromatic heterocycles. The third-order valence-corrected chi connectivity index (χ3v) is 5.88. The van der Waals surface area contributed by atoms with Crippen LogP contribution in [0, 0.1) is 23.7 Å². The zero-order valence-corrected chi connectivity index (χ0v) is 13.7. The Balaban J connectivity index is 1.88. The number of likely N-dealkylation sites (N-methyl/N-ethyl adjacent to an activating group) is 1. The van der Waals surface area contributed by atoms with Crippen molar-refractivity contribution >= 4 is 0 Å². The van der Waals surface area contributed by atoms with Crippen molar-refractivity contribution in [2.45, 2.75) is 33.3 Å². The van der Waals surface area contributed by atoms with E-state index in [2.05, 4.69) is 47.0 Å². The largest absolute Gasteiger partial charge is 0.373 e. The highest BCUT2D eigenvalue weighted by Gasteiger charge is 2.45. The number of rotatable bonds is 1. The number of hydrogen-bond acceptors (Lipinski definition) is 1. The van der Waals surface area contributed by atoms with Crippen molar-refractivity contribution in [3.63, 3.8) is 0 Å². The predicted molar refractivity (Wildman–Crippen MR) is 83.3 cm³/mol. The summed E-state index contributed by atoms with van der Waals surface area (Å²) in [6, 6.07) is 0. The Hall–Kier alpha value is -0.600. The minimum absolute atomic E-state index is 0.336. The summed E-state index contributed by atoms with van der Waals surface area (Å²) in [5.74, 6) is 2.75. The van der Waals surface area contributed by atoms with Crippen molar-refractivity contribution < 1.29 is 9.22 Å². The normalized spacial score (nSPS) is 43.8. The predicted octanol–water partition coefficient (Wildman–Crippen LogP) is 3.26. The highest BCUT2D eigenvalue weighted by atomic mass is 16.5. The number of nitrogens with zero attached hydrogens (tertiary/aromatic N) is 1. The summed E-state index contributed by atoms with van der Waals surface area (Å²) in [6.07, 6.45) is 6.51. The lowest BCUT2D eigenvalue weighted by Crippen LogP contribution is -2.51. The molecule has 5 atom stereocenters. The van der Waals surface area contributed by atoms with E-state index in [1.165, 1.54) is 13.0 Å². The maximum absolute atomic E-state index is 6.37. The first-order valence-electron chi connectivity index (χ1n) is 8.20. The van der Waals surface area contributed by atoms with Crippen LogP contribution < -0.4 is 0 Å². The quantitative estimate of drug-likeness (QED) is 0.528. The van der Waals surface area contributed by atoms with Gasteiger partial charge in [0.25, 0.3) is 0 Å². The minimum atomic E-state index is 0.336. The molecule has 1 aliphatic carbocycles. The van der Waals surface area contributed by atoms with Crippen molar-refractivity contribution in [1.29, 1.82) is 0 Å². The molecule has 0 aromatic rings. The fraction of sp³-hybridized carbons (Fsp3) is 0.778. The van der Waals surface area contributed by atoms with E-state index in [1.807, 2.05) is 0 Å². The summed E-state index contributed by atoms with van der Waals surface area (Å²) in [5.41, 5.74) is 3.11. The molecule has 3 rings (SSSR count). The molecule has 3 aliphatic rings. The van der Waals surface area contributed by atoms with Crippen molar-refractivity contribution in [3.05, 3.63) is 23.3 Å². The van der Waals surface area contributed by atoms with Crippen molar-refractivity contribution in [1.82, 2.24) is 0 Å². The van der Waals surface area contributed by atoms with Crippen LogP contribution in [0.25, 0.3) is 0 Å². The molecule has 20 heavy (non-hydrogen) atoms. The molecule has 112 valence electrons. The monoisotopic (exact) mass is 276 g/mol. The van der Waals surface area contributed by atoms with Gasteiger partial charge in [-0.05, 0) is 24.7 Å². The molecule has 2 bridgehead atoms. The van der Waals surface area contributed by atoms with Gasteiger partial charge >= 0.3 is 0 Å². The molecule has 0 unspecified atom stereocenters. The molecule has 0 saturated carbocycles. The van der Waals surface area contributed by atoms with E-state index < -0.39 is 0 Å². The average Bonchev–Trinajstić information content (AvgIpc) is 2.34. The molecular weight excluding hydrogens is 246 g/mol. The fourth-order valence-electron chi connectivity index (χ4n) is 4.73. The van der Waals surface area contributed by atoms with Crippen LogP contribution in [0.2, 0.25) is 0 Å². The summed E-state index contributed by atoms with van der Waals surface area (Å²) in [4.78, 5) is 0. The van der Waals surface area contributed by atoms with Crippen LogP contribution in [0.5, 0.6) is 0 Å². The van der Waals surface area contributed by atoms with Crippen LogP contribution >= 0.6 is 0 Å². The second kappa shape index (κ2) is 4.99. The Morgan fingerprint density at radius 1 is 1.25 bits per heavy atom. The van der Waals surface area contributed by atoms with Crippen LogP contribution in [0.4, 0.5) is 0 Å². The van der Waals surface area contributed by atoms with Gasteiger partial charge in [-0.15, -0.1) is 0 Å². The first-order chi connectivity index (χ1) is 9.39. The maximum atomic E-state index is 6.37. The molecule has 2 aliphatic heterocycles. The number of ether oxygens (including phenoxy) is 1. The molecule has 0 amide bonds. The van der Waals surface area contributed by atoms with Gasteiger partial charge in [0.05, 0.1) is 33.4 Å². The number of allylic oxidation sites excluding steroid dienone is 1. The Kier molecular flexibility index (Phi) is 3.58. The summed E-state index contributed by atoms with van der Waals surface area (Å²) in [6.45, 7) is 10.5. The summed E-state index contributed by atoms with van der Waals surface area (Å²) in [5, 5.41) is 0. The van der Waals surface area contributed by atoms with Gasteiger partial charge in [0.2, 0.25) is 0 Å². The first kappa shape index (κ1) is 14.3. The van der Waals surface area contributed by atoms with Gasteiger partial charge in [0, 0.05) is 17.9 Å². The Morgan fingerprint density at radius 3 is 2.70 bits per heavy atom. The average molecular weight is 276 g/mol. The highest BCUT2D eigenvalue weighted by molar-refractivity contribution is 5.24. The standard InChI is InChI=1S/C18H30NO/c1-12-9-13(2)17-14(3)16(12)11-20-18(17)15-7-6-8-19(4,5)10-15/h7,9,12,14,16-18H,6,8,10-11H2,1-5H3/q+1/t12-,14+,16+,17-,18+/m0/s1. The van der Waals surface area contributed by atoms with Gasteiger partial charge in [0.1, 0.15) is 6.54 Å². The lowest BCUT2D eigenvalue weighted by molar-refractivity contribution is -0.887. The van der Waals surface area contributed by atoms with E-state index >= 15 is 0 Å². The van der Waals surface area contributed by atoms with E-state index in [1.54, 1.807) is 11.1 Å². The highest BCUT2D eigenvalue weighted by Crippen LogP contribution is 2.46. The molecule has 2 heteroatoms. The lowest BCUT2D eigenvalue weighted by Gasteiger charge is -2.49. The third-order valence-electron chi connectivity index (χ3n) is 5.88. The second-order valence-electron chi connectivity index (χ2n) is 7.96. The summed E-state index contributed by atoms with van der Waals surface area (Å²) >= 11 is 0. The topological polar surface area (TPSA) is 9.23 Å². The first-order valence-corrected chi connectivity index (χ1v) is 8.20. The van der Waals surface area contributed by atoms with Crippen LogP contribution in [0.1, 0.15) is 27.2 Å². The van der Waals surface area contributed by atoms with Crippen LogP contribution in [0.3, 0.4) is 0 Å². The van der Waals surface area contributed by atoms with Gasteiger partial charge in [-0.25, -0.2) is 0 Å². The molecule has 2 nitrogen and oxygen atoms in total. The van der Waals surface area contributed by atoms with E-state index in [4.69, 9.17) is 4.74 Å². The van der Waals surface area contributed by atoms with E-state index in [0.29, 0.717) is 23.9 Å². The fourth-order valence-corrected chi connectivity index (χ4v) is 4.73. The van der Waals surface area contributed by atoms with Gasteiger partial charge in [0.15, 0.2) is 0 Å². The minimum Gasteiger partial charge on any atom is -0.373 e. The molecule has 1 saturated heterocycles. The van der Waals surface area contributed by atoms with Crippen LogP contribution in [-0.2, 0) is 4.74 Å². The van der Waals surface area contributed by atoms with Crippen molar-refractivity contribution in [2.24, 2.45) is 23.7 Å². The summed E-state index contributed by atoms with van der Waals surface area (Å²) in [7, 11) is 4.68. The number of quaternary nitrogens is 1. The smallest absolute Gasteiger partial charge is 0.102 e. The SMILES string of the molecule is CC1=C[C@H](C)[C@H]2CO[C@H](C3=CCC[N+](C)(C)C3)[C@@H]1[C@@H]2C. The van der Waals surface area contributed by atoms with Crippen LogP contribution in [-0.4, -0.2) is 44.4 Å². The van der Waals surface area contributed by atoms with Gasteiger partial charge in [-0.1, -0.05) is 31.6 Å². The molecule has 2 heterocycles. The van der Waals surface area contributed by atoms with E-state index in [-0.39, 0.29) is 0 Å². The Labute approximate surface area is 124 Å². The number of hydrogen-bond donors (Lipinski definition) is 0. The third kappa shape index (κ3) is 2.37. The molecule has 0 radical (unpaired) electrons. The molecule has 1 fully saturated rings. The van der Waals surface area contributed by atoms with Crippen LogP contribution in [0.15, 0.2) is 23.3 Å². The molecule has 0 N–H and O–H groups in total. The molecular formula is C18H30NO+. The lowest BCUT2D eigenvalue weighted by atomic mass is 9.64. The summed E-state index contributed by atoms with van der Waals surface area (Å²) < 4.78 is 7.48. The van der Waals surface area contributed by atoms with Gasteiger partial charge in [-0.2, -0.15) is 0 Å². The van der Waals surface area contributed by atoms with Gasteiger partial charge < -0.3 is 9.22 Å². The second-order valence-corrected chi connectivity index (χ2v) is 7.96. The van der Waals surface area contributed by atoms with E-state index in [0.717, 1.165) is 23.6 Å². The van der Waals surface area contributed by atoms with E-state index in [9.17, 15) is 0 Å². The Bertz CT molecular complexity index is 448. The van der Waals surface area contributed by atoms with Gasteiger partial charge in [-0.3, -0.25) is 0 Å². The number of fused-ring (bicyclic) bond motifs is 2. The van der Waals surface area contributed by atoms with Crippen molar-refractivity contribution in [3.8, 4) is 0 Å². The molecule has 0 aromatic carbocycles. The maximum Gasteiger partial charge on any atom is 0.102 e.